The van der Waals surface area contributed by atoms with Crippen molar-refractivity contribution < 1.29 is 9.90 Å². The SMILES string of the molecule is O=C(NCC1(CO)CCCCC1)C(Cc1ccccn1)c1ccccc1. The zero-order valence-corrected chi connectivity index (χ0v) is 15.2. The molecule has 1 amide bonds. The van der Waals surface area contributed by atoms with Crippen LogP contribution in [0.5, 0.6) is 0 Å². The number of pyridine rings is 1. The summed E-state index contributed by atoms with van der Waals surface area (Å²) in [7, 11) is 0. The van der Waals surface area contributed by atoms with Crippen molar-refractivity contribution in [3.63, 3.8) is 0 Å². The topological polar surface area (TPSA) is 62.2 Å². The Balaban J connectivity index is 1.72. The second-order valence-electron chi connectivity index (χ2n) is 7.43. The average molecular weight is 352 g/mol. The number of rotatable bonds is 7. The maximum absolute atomic E-state index is 13.0. The van der Waals surface area contributed by atoms with E-state index in [0.29, 0.717) is 13.0 Å². The number of aromatic nitrogens is 1. The van der Waals surface area contributed by atoms with Crippen LogP contribution >= 0.6 is 0 Å². The number of hydrogen-bond acceptors (Lipinski definition) is 3. The Morgan fingerprint density at radius 1 is 1.08 bits per heavy atom. The number of carbonyl (C=O) groups is 1. The fraction of sp³-hybridized carbons (Fsp3) is 0.455. The monoisotopic (exact) mass is 352 g/mol. The summed E-state index contributed by atoms with van der Waals surface area (Å²) < 4.78 is 0. The molecule has 1 aliphatic carbocycles. The Bertz CT molecular complexity index is 682. The van der Waals surface area contributed by atoms with Crippen LogP contribution < -0.4 is 5.32 Å². The van der Waals surface area contributed by atoms with E-state index >= 15 is 0 Å². The van der Waals surface area contributed by atoms with Gasteiger partial charge in [0.15, 0.2) is 0 Å². The van der Waals surface area contributed by atoms with Crippen molar-refractivity contribution >= 4 is 5.91 Å². The first kappa shape index (κ1) is 18.6. The van der Waals surface area contributed by atoms with E-state index in [1.165, 1.54) is 6.42 Å². The molecule has 1 fully saturated rings. The molecule has 1 aromatic heterocycles. The zero-order valence-electron chi connectivity index (χ0n) is 15.2. The molecule has 0 spiro atoms. The first-order valence-corrected chi connectivity index (χ1v) is 9.56. The van der Waals surface area contributed by atoms with Crippen molar-refractivity contribution in [2.24, 2.45) is 5.41 Å². The van der Waals surface area contributed by atoms with E-state index in [2.05, 4.69) is 10.3 Å². The maximum Gasteiger partial charge on any atom is 0.227 e. The van der Waals surface area contributed by atoms with E-state index in [1.807, 2.05) is 48.5 Å². The van der Waals surface area contributed by atoms with Crippen LogP contribution in [0.2, 0.25) is 0 Å². The summed E-state index contributed by atoms with van der Waals surface area (Å²) in [5.74, 6) is -0.259. The van der Waals surface area contributed by atoms with Crippen LogP contribution in [-0.2, 0) is 11.2 Å². The highest BCUT2D eigenvalue weighted by molar-refractivity contribution is 5.84. The van der Waals surface area contributed by atoms with Crippen molar-refractivity contribution in [1.82, 2.24) is 10.3 Å². The van der Waals surface area contributed by atoms with Crippen LogP contribution in [0.15, 0.2) is 54.7 Å². The standard InChI is InChI=1S/C22H28N2O2/c25-17-22(12-6-2-7-13-22)16-24-21(26)20(18-9-3-1-4-10-18)15-19-11-5-8-14-23-19/h1,3-5,8-11,14,20,25H,2,6-7,12-13,15-17H2,(H,24,26). The summed E-state index contributed by atoms with van der Waals surface area (Å²) >= 11 is 0. The first-order valence-electron chi connectivity index (χ1n) is 9.56. The smallest absolute Gasteiger partial charge is 0.227 e. The lowest BCUT2D eigenvalue weighted by molar-refractivity contribution is -0.123. The molecule has 3 rings (SSSR count). The van der Waals surface area contributed by atoms with Gasteiger partial charge in [0.05, 0.1) is 12.5 Å². The molecule has 1 aliphatic rings. The molecule has 2 N–H and O–H groups in total. The molecular weight excluding hydrogens is 324 g/mol. The fourth-order valence-electron chi connectivity index (χ4n) is 3.87. The maximum atomic E-state index is 13.0. The Labute approximate surface area is 155 Å². The summed E-state index contributed by atoms with van der Waals surface area (Å²) in [5, 5.41) is 13.0. The van der Waals surface area contributed by atoms with Gasteiger partial charge in [-0.1, -0.05) is 55.7 Å². The highest BCUT2D eigenvalue weighted by atomic mass is 16.3. The predicted octanol–water partition coefficient (Wildman–Crippen LogP) is 3.47. The van der Waals surface area contributed by atoms with Crippen molar-refractivity contribution in [2.75, 3.05) is 13.2 Å². The van der Waals surface area contributed by atoms with Gasteiger partial charge in [-0.05, 0) is 30.5 Å². The molecule has 4 heteroatoms. The summed E-state index contributed by atoms with van der Waals surface area (Å²) in [4.78, 5) is 17.4. The van der Waals surface area contributed by atoms with Gasteiger partial charge in [0, 0.05) is 30.3 Å². The highest BCUT2D eigenvalue weighted by Crippen LogP contribution is 2.35. The van der Waals surface area contributed by atoms with Crippen LogP contribution in [0.25, 0.3) is 0 Å². The number of amides is 1. The van der Waals surface area contributed by atoms with Crippen LogP contribution in [0.1, 0.15) is 49.3 Å². The molecule has 0 radical (unpaired) electrons. The van der Waals surface area contributed by atoms with Gasteiger partial charge in [0.2, 0.25) is 5.91 Å². The molecular formula is C22H28N2O2. The van der Waals surface area contributed by atoms with Gasteiger partial charge in [-0.2, -0.15) is 0 Å². The summed E-state index contributed by atoms with van der Waals surface area (Å²) in [5.41, 5.74) is 1.75. The summed E-state index contributed by atoms with van der Waals surface area (Å²) in [6.45, 7) is 0.692. The minimum atomic E-state index is -0.273. The van der Waals surface area contributed by atoms with Gasteiger partial charge < -0.3 is 10.4 Å². The minimum absolute atomic E-state index is 0.0141. The molecule has 138 valence electrons. The molecule has 2 aromatic rings. The van der Waals surface area contributed by atoms with Crippen molar-refractivity contribution in [3.05, 3.63) is 66.0 Å². The molecule has 4 nitrogen and oxygen atoms in total. The van der Waals surface area contributed by atoms with Crippen LogP contribution in [0.3, 0.4) is 0 Å². The van der Waals surface area contributed by atoms with Gasteiger partial charge in [0.25, 0.3) is 0 Å². The molecule has 1 saturated carbocycles. The number of nitrogens with zero attached hydrogens (tertiary/aromatic N) is 1. The number of hydrogen-bond donors (Lipinski definition) is 2. The van der Waals surface area contributed by atoms with Gasteiger partial charge in [-0.25, -0.2) is 0 Å². The van der Waals surface area contributed by atoms with E-state index in [1.54, 1.807) is 6.20 Å². The number of aliphatic hydroxyl groups is 1. The Hall–Kier alpha value is -2.20. The molecule has 0 bridgehead atoms. The predicted molar refractivity (Wildman–Crippen MR) is 103 cm³/mol. The number of benzene rings is 1. The number of nitrogens with one attached hydrogen (secondary N) is 1. The average Bonchev–Trinajstić information content (AvgIpc) is 2.72. The second kappa shape index (κ2) is 8.95. The van der Waals surface area contributed by atoms with Gasteiger partial charge in [-0.15, -0.1) is 0 Å². The molecule has 1 atom stereocenters. The number of carbonyl (C=O) groups excluding carboxylic acids is 1. The fourth-order valence-corrected chi connectivity index (χ4v) is 3.87. The van der Waals surface area contributed by atoms with Crippen LogP contribution in [0, 0.1) is 5.41 Å². The van der Waals surface area contributed by atoms with Crippen LogP contribution in [-0.4, -0.2) is 29.1 Å². The van der Waals surface area contributed by atoms with Gasteiger partial charge >= 0.3 is 0 Å². The molecule has 1 heterocycles. The first-order chi connectivity index (χ1) is 12.7. The summed E-state index contributed by atoms with van der Waals surface area (Å²) in [6.07, 6.45) is 7.79. The molecule has 26 heavy (non-hydrogen) atoms. The lowest BCUT2D eigenvalue weighted by atomic mass is 9.74. The normalized spacial score (nSPS) is 17.4. The molecule has 1 aromatic carbocycles. The van der Waals surface area contributed by atoms with Gasteiger partial charge in [0.1, 0.15) is 0 Å². The number of aliphatic hydroxyl groups excluding tert-OH is 1. The molecule has 0 saturated heterocycles. The minimum Gasteiger partial charge on any atom is -0.396 e. The molecule has 0 aliphatic heterocycles. The second-order valence-corrected chi connectivity index (χ2v) is 7.43. The van der Waals surface area contributed by atoms with Crippen molar-refractivity contribution in [2.45, 2.75) is 44.4 Å². The van der Waals surface area contributed by atoms with Crippen LogP contribution in [0.4, 0.5) is 0 Å². The van der Waals surface area contributed by atoms with Crippen molar-refractivity contribution in [3.8, 4) is 0 Å². The zero-order chi connectivity index (χ0) is 18.2. The third-order valence-electron chi connectivity index (χ3n) is 5.55. The molecule has 1 unspecified atom stereocenters. The lowest BCUT2D eigenvalue weighted by Crippen LogP contribution is -2.43. The summed E-state index contributed by atoms with van der Waals surface area (Å²) in [6, 6.07) is 15.7. The quantitative estimate of drug-likeness (QED) is 0.802. The van der Waals surface area contributed by atoms with E-state index in [9.17, 15) is 9.90 Å². The Morgan fingerprint density at radius 3 is 2.46 bits per heavy atom. The highest BCUT2D eigenvalue weighted by Gasteiger charge is 2.32. The third-order valence-corrected chi connectivity index (χ3v) is 5.55. The van der Waals surface area contributed by atoms with Crippen molar-refractivity contribution in [1.29, 1.82) is 0 Å². The van der Waals surface area contributed by atoms with Gasteiger partial charge in [-0.3, -0.25) is 9.78 Å². The lowest BCUT2D eigenvalue weighted by Gasteiger charge is -2.36. The van der Waals surface area contributed by atoms with E-state index < -0.39 is 0 Å². The largest absolute Gasteiger partial charge is 0.396 e. The third kappa shape index (κ3) is 4.70. The Kier molecular flexibility index (Phi) is 6.40. The Morgan fingerprint density at radius 2 is 1.81 bits per heavy atom. The van der Waals surface area contributed by atoms with E-state index in [-0.39, 0.29) is 23.8 Å². The van der Waals surface area contributed by atoms with E-state index in [4.69, 9.17) is 0 Å². The van der Waals surface area contributed by atoms with E-state index in [0.717, 1.165) is 36.9 Å².